The molecule has 1 aliphatic heterocycles. The van der Waals surface area contributed by atoms with Crippen molar-refractivity contribution in [2.24, 2.45) is 0 Å². The van der Waals surface area contributed by atoms with Crippen LogP contribution in [-0.4, -0.2) is 41.4 Å². The summed E-state index contributed by atoms with van der Waals surface area (Å²) in [7, 11) is 1.64. The van der Waals surface area contributed by atoms with Gasteiger partial charge in [-0.2, -0.15) is 0 Å². The molecule has 4 rings (SSSR count). The first-order valence-corrected chi connectivity index (χ1v) is 11.3. The molecule has 1 atom stereocenters. The molecule has 32 heavy (non-hydrogen) atoms. The summed E-state index contributed by atoms with van der Waals surface area (Å²) in [6.45, 7) is 5.90. The van der Waals surface area contributed by atoms with Crippen LogP contribution < -0.4 is 15.6 Å². The van der Waals surface area contributed by atoms with E-state index in [1.165, 1.54) is 0 Å². The number of thiocarbonyl (C=S) groups is 1. The number of anilines is 1. The number of pyridine rings is 1. The molecule has 1 fully saturated rings. The number of aromatic amines is 1. The van der Waals surface area contributed by atoms with Gasteiger partial charge in [0.05, 0.1) is 19.8 Å². The lowest BCUT2D eigenvalue weighted by molar-refractivity contribution is 0.0904. The van der Waals surface area contributed by atoms with Gasteiger partial charge in [-0.3, -0.25) is 4.79 Å². The molecule has 1 aliphatic rings. The molecule has 0 spiro atoms. The number of ether oxygens (including phenoxy) is 2. The molecule has 6 nitrogen and oxygen atoms in total. The van der Waals surface area contributed by atoms with Crippen LogP contribution in [-0.2, 0) is 11.3 Å². The van der Waals surface area contributed by atoms with Gasteiger partial charge in [-0.25, -0.2) is 0 Å². The summed E-state index contributed by atoms with van der Waals surface area (Å²) < 4.78 is 11.1. The van der Waals surface area contributed by atoms with Crippen LogP contribution in [0.2, 0.25) is 0 Å². The smallest absolute Gasteiger partial charge is 0.253 e. The van der Waals surface area contributed by atoms with Crippen molar-refractivity contribution in [3.05, 3.63) is 69.5 Å². The first-order chi connectivity index (χ1) is 15.4. The van der Waals surface area contributed by atoms with Gasteiger partial charge < -0.3 is 24.7 Å². The lowest BCUT2D eigenvalue weighted by Gasteiger charge is -2.28. The number of hydrogen-bond acceptors (Lipinski definition) is 4. The van der Waals surface area contributed by atoms with Crippen LogP contribution in [0, 0.1) is 13.8 Å². The van der Waals surface area contributed by atoms with Crippen LogP contribution in [0.4, 0.5) is 5.69 Å². The van der Waals surface area contributed by atoms with Crippen molar-refractivity contribution < 1.29 is 9.47 Å². The third kappa shape index (κ3) is 5.11. The Morgan fingerprint density at radius 1 is 1.25 bits per heavy atom. The molecule has 0 bridgehead atoms. The number of nitrogens with zero attached hydrogens (tertiary/aromatic N) is 1. The maximum Gasteiger partial charge on any atom is 0.253 e. The molecule has 3 aromatic rings. The molecule has 2 aromatic carbocycles. The highest BCUT2D eigenvalue weighted by molar-refractivity contribution is 7.80. The zero-order valence-electron chi connectivity index (χ0n) is 18.7. The van der Waals surface area contributed by atoms with Crippen molar-refractivity contribution in [3.63, 3.8) is 0 Å². The fraction of sp³-hybridized carbons (Fsp3) is 0.360. The van der Waals surface area contributed by atoms with Crippen molar-refractivity contribution in [2.45, 2.75) is 39.3 Å². The highest BCUT2D eigenvalue weighted by Gasteiger charge is 2.22. The summed E-state index contributed by atoms with van der Waals surface area (Å²) >= 11 is 5.75. The Kier molecular flexibility index (Phi) is 6.77. The second kappa shape index (κ2) is 9.71. The molecule has 2 heterocycles. The Morgan fingerprint density at radius 3 is 2.72 bits per heavy atom. The van der Waals surface area contributed by atoms with Crippen LogP contribution in [0.3, 0.4) is 0 Å². The van der Waals surface area contributed by atoms with E-state index in [1.54, 1.807) is 7.11 Å². The van der Waals surface area contributed by atoms with Gasteiger partial charge in [-0.05, 0) is 86.4 Å². The van der Waals surface area contributed by atoms with Crippen molar-refractivity contribution in [2.75, 3.05) is 25.6 Å². The quantitative estimate of drug-likeness (QED) is 0.537. The minimum Gasteiger partial charge on any atom is -0.497 e. The monoisotopic (exact) mass is 451 g/mol. The van der Waals surface area contributed by atoms with E-state index < -0.39 is 0 Å². The lowest BCUT2D eigenvalue weighted by Crippen LogP contribution is -2.40. The van der Waals surface area contributed by atoms with Crippen LogP contribution >= 0.6 is 12.2 Å². The number of hydrogen-bond donors (Lipinski definition) is 2. The summed E-state index contributed by atoms with van der Waals surface area (Å²) in [6, 6.07) is 13.7. The Morgan fingerprint density at radius 2 is 2.03 bits per heavy atom. The van der Waals surface area contributed by atoms with Crippen LogP contribution in [0.15, 0.2) is 47.3 Å². The second-order valence-corrected chi connectivity index (χ2v) is 8.73. The average molecular weight is 452 g/mol. The van der Waals surface area contributed by atoms with Gasteiger partial charge in [0.15, 0.2) is 5.11 Å². The number of H-pyrrole nitrogens is 1. The minimum absolute atomic E-state index is 0.0907. The van der Waals surface area contributed by atoms with E-state index in [1.807, 2.05) is 48.2 Å². The summed E-state index contributed by atoms with van der Waals surface area (Å²) in [5, 5.41) is 4.91. The normalized spacial score (nSPS) is 15.7. The van der Waals surface area contributed by atoms with E-state index in [0.717, 1.165) is 52.9 Å². The number of nitrogens with one attached hydrogen (secondary N) is 2. The minimum atomic E-state index is -0.0907. The fourth-order valence-corrected chi connectivity index (χ4v) is 4.43. The van der Waals surface area contributed by atoms with Gasteiger partial charge in [-0.1, -0.05) is 6.07 Å². The van der Waals surface area contributed by atoms with Crippen LogP contribution in [0.25, 0.3) is 10.9 Å². The maximum atomic E-state index is 12.9. The molecule has 0 radical (unpaired) electrons. The highest BCUT2D eigenvalue weighted by Crippen LogP contribution is 2.21. The molecule has 1 saturated heterocycles. The first kappa shape index (κ1) is 22.3. The molecular weight excluding hydrogens is 422 g/mol. The SMILES string of the molecule is COc1ccc(NC(=S)N(Cc2cc3c(C)cc(C)cc3[nH]c2=O)C[C@H]2CCCO2)cc1. The Bertz CT molecular complexity index is 1170. The van der Waals surface area contributed by atoms with E-state index in [0.29, 0.717) is 23.8 Å². The van der Waals surface area contributed by atoms with Crippen molar-refractivity contribution >= 4 is 33.9 Å². The van der Waals surface area contributed by atoms with E-state index >= 15 is 0 Å². The molecular formula is C25H29N3O3S. The third-order valence-electron chi connectivity index (χ3n) is 5.83. The Labute approximate surface area is 193 Å². The van der Waals surface area contributed by atoms with Crippen molar-refractivity contribution in [3.8, 4) is 5.75 Å². The number of methoxy groups -OCH3 is 1. The summed E-state index contributed by atoms with van der Waals surface area (Å²) in [5.74, 6) is 0.783. The number of fused-ring (bicyclic) bond motifs is 1. The molecule has 7 heteroatoms. The molecule has 0 unspecified atom stereocenters. The first-order valence-electron chi connectivity index (χ1n) is 10.9. The zero-order valence-corrected chi connectivity index (χ0v) is 19.6. The Balaban J connectivity index is 1.60. The second-order valence-electron chi connectivity index (χ2n) is 8.34. The zero-order chi connectivity index (χ0) is 22.7. The van der Waals surface area contributed by atoms with Gasteiger partial charge in [0.25, 0.3) is 5.56 Å². The summed E-state index contributed by atoms with van der Waals surface area (Å²) in [6.07, 6.45) is 2.15. The molecule has 2 N–H and O–H groups in total. The molecule has 168 valence electrons. The molecule has 0 saturated carbocycles. The fourth-order valence-electron chi connectivity index (χ4n) is 4.17. The highest BCUT2D eigenvalue weighted by atomic mass is 32.1. The van der Waals surface area contributed by atoms with Gasteiger partial charge >= 0.3 is 0 Å². The topological polar surface area (TPSA) is 66.6 Å². The summed E-state index contributed by atoms with van der Waals surface area (Å²) in [5.41, 5.74) is 4.59. The van der Waals surface area contributed by atoms with Gasteiger partial charge in [-0.15, -0.1) is 0 Å². The molecule has 1 aromatic heterocycles. The van der Waals surface area contributed by atoms with Gasteiger partial charge in [0, 0.05) is 35.3 Å². The van der Waals surface area contributed by atoms with E-state index in [2.05, 4.69) is 23.3 Å². The van der Waals surface area contributed by atoms with Crippen LogP contribution in [0.5, 0.6) is 5.75 Å². The van der Waals surface area contributed by atoms with E-state index in [-0.39, 0.29) is 11.7 Å². The lowest BCUT2D eigenvalue weighted by atomic mass is 10.0. The Hall–Kier alpha value is -2.90. The van der Waals surface area contributed by atoms with Gasteiger partial charge in [0.1, 0.15) is 5.75 Å². The van der Waals surface area contributed by atoms with Crippen molar-refractivity contribution in [1.29, 1.82) is 0 Å². The largest absolute Gasteiger partial charge is 0.497 e. The standard InChI is InChI=1S/C25H29N3O3S/c1-16-11-17(2)22-13-18(24(29)27-23(22)12-16)14-28(15-21-5-4-10-31-21)25(32)26-19-6-8-20(30-3)9-7-19/h6-9,11-13,21H,4-5,10,14-15H2,1-3H3,(H,26,32)(H,27,29)/t21-/m1/s1. The van der Waals surface area contributed by atoms with Crippen LogP contribution in [0.1, 0.15) is 29.5 Å². The number of rotatable bonds is 6. The number of benzene rings is 2. The molecule has 0 aliphatic carbocycles. The predicted octanol–water partition coefficient (Wildman–Crippen LogP) is 4.53. The predicted molar refractivity (Wildman–Crippen MR) is 133 cm³/mol. The van der Waals surface area contributed by atoms with Crippen molar-refractivity contribution in [1.82, 2.24) is 9.88 Å². The van der Waals surface area contributed by atoms with E-state index in [4.69, 9.17) is 21.7 Å². The molecule has 0 amide bonds. The maximum absolute atomic E-state index is 12.9. The summed E-state index contributed by atoms with van der Waals surface area (Å²) in [4.78, 5) is 18.0. The number of aromatic nitrogens is 1. The van der Waals surface area contributed by atoms with Gasteiger partial charge in [0.2, 0.25) is 0 Å². The number of aryl methyl sites for hydroxylation is 2. The third-order valence-corrected chi connectivity index (χ3v) is 6.19. The average Bonchev–Trinajstić information content (AvgIpc) is 3.27. The van der Waals surface area contributed by atoms with E-state index in [9.17, 15) is 4.79 Å².